The van der Waals surface area contributed by atoms with E-state index in [0.717, 1.165) is 41.9 Å². The molecule has 0 saturated carbocycles. The van der Waals surface area contributed by atoms with E-state index in [4.69, 9.17) is 22.7 Å². The quantitative estimate of drug-likeness (QED) is 0.838. The summed E-state index contributed by atoms with van der Waals surface area (Å²) < 4.78 is 5.35. The molecular weight excluding hydrogens is 258 g/mol. The number of nitrogens with one attached hydrogen (secondary N) is 1. The number of benzene rings is 1. The first-order valence-corrected chi connectivity index (χ1v) is 6.69. The number of para-hydroxylation sites is 1. The van der Waals surface area contributed by atoms with Gasteiger partial charge in [0, 0.05) is 17.6 Å². The summed E-state index contributed by atoms with van der Waals surface area (Å²) in [6, 6.07) is 10.1. The van der Waals surface area contributed by atoms with Gasteiger partial charge < -0.3 is 15.8 Å². The number of thiocarbonyl (C=S) groups is 1. The Morgan fingerprint density at radius 2 is 2.26 bits per heavy atom. The molecule has 0 aliphatic carbocycles. The number of rotatable bonds is 3. The van der Waals surface area contributed by atoms with Crippen molar-refractivity contribution >= 4 is 33.9 Å². The zero-order chi connectivity index (χ0) is 13.2. The van der Waals surface area contributed by atoms with Crippen LogP contribution in [0.4, 0.5) is 5.82 Å². The lowest BCUT2D eigenvalue weighted by Gasteiger charge is -2.14. The highest BCUT2D eigenvalue weighted by Gasteiger charge is 2.16. The maximum Gasteiger partial charge on any atom is 0.127 e. The van der Waals surface area contributed by atoms with Crippen LogP contribution in [0.15, 0.2) is 30.3 Å². The van der Waals surface area contributed by atoms with E-state index >= 15 is 0 Å². The van der Waals surface area contributed by atoms with Gasteiger partial charge in [0.1, 0.15) is 10.8 Å². The van der Waals surface area contributed by atoms with Gasteiger partial charge in [-0.3, -0.25) is 0 Å². The molecule has 1 fully saturated rings. The van der Waals surface area contributed by atoms with Crippen molar-refractivity contribution in [2.75, 3.05) is 18.5 Å². The predicted octanol–water partition coefficient (Wildman–Crippen LogP) is 2.07. The molecule has 1 unspecified atom stereocenters. The largest absolute Gasteiger partial charge is 0.389 e. The summed E-state index contributed by atoms with van der Waals surface area (Å²) in [5, 5.41) is 4.37. The number of fused-ring (bicyclic) bond motifs is 1. The molecule has 0 radical (unpaired) electrons. The van der Waals surface area contributed by atoms with E-state index in [0.29, 0.717) is 11.0 Å². The van der Waals surface area contributed by atoms with Gasteiger partial charge in [-0.1, -0.05) is 30.4 Å². The van der Waals surface area contributed by atoms with Crippen LogP contribution >= 0.6 is 12.2 Å². The van der Waals surface area contributed by atoms with Crippen molar-refractivity contribution in [2.24, 2.45) is 5.73 Å². The van der Waals surface area contributed by atoms with E-state index in [-0.39, 0.29) is 0 Å². The van der Waals surface area contributed by atoms with Crippen molar-refractivity contribution < 1.29 is 4.74 Å². The van der Waals surface area contributed by atoms with Crippen molar-refractivity contribution in [1.82, 2.24) is 4.98 Å². The highest BCUT2D eigenvalue weighted by Crippen LogP contribution is 2.22. The van der Waals surface area contributed by atoms with E-state index in [1.54, 1.807) is 0 Å². The van der Waals surface area contributed by atoms with Crippen LogP contribution in [0.1, 0.15) is 12.0 Å². The molecule has 3 N–H and O–H groups in total. The lowest BCUT2D eigenvalue weighted by atomic mass is 10.1. The van der Waals surface area contributed by atoms with Gasteiger partial charge in [-0.2, -0.15) is 0 Å². The Bertz CT molecular complexity index is 623. The molecule has 0 amide bonds. The molecule has 0 bridgehead atoms. The van der Waals surface area contributed by atoms with Gasteiger partial charge in [0.15, 0.2) is 0 Å². The van der Waals surface area contributed by atoms with Crippen molar-refractivity contribution in [3.63, 3.8) is 0 Å². The molecule has 1 aromatic carbocycles. The highest BCUT2D eigenvalue weighted by molar-refractivity contribution is 7.80. The third kappa shape index (κ3) is 2.52. The van der Waals surface area contributed by atoms with E-state index < -0.39 is 0 Å². The fraction of sp³-hybridized carbons (Fsp3) is 0.286. The van der Waals surface area contributed by atoms with Crippen LogP contribution in [0.2, 0.25) is 0 Å². The third-order valence-electron chi connectivity index (χ3n) is 3.26. The third-order valence-corrected chi connectivity index (χ3v) is 3.48. The summed E-state index contributed by atoms with van der Waals surface area (Å²) in [6.07, 6.45) is 0.997. The van der Waals surface area contributed by atoms with Crippen molar-refractivity contribution in [3.8, 4) is 0 Å². The van der Waals surface area contributed by atoms with Crippen LogP contribution in [-0.2, 0) is 4.74 Å². The normalized spacial score (nSPS) is 18.6. The average molecular weight is 273 g/mol. The fourth-order valence-corrected chi connectivity index (χ4v) is 2.48. The summed E-state index contributed by atoms with van der Waals surface area (Å²) in [4.78, 5) is 4.99. The predicted molar refractivity (Wildman–Crippen MR) is 80.5 cm³/mol. The summed E-state index contributed by atoms with van der Waals surface area (Å²) >= 11 is 5.13. The number of aromatic nitrogens is 1. The molecule has 2 aromatic rings. The maximum atomic E-state index is 5.81. The van der Waals surface area contributed by atoms with Crippen LogP contribution < -0.4 is 11.1 Å². The van der Waals surface area contributed by atoms with Crippen LogP contribution in [0.3, 0.4) is 0 Å². The first kappa shape index (κ1) is 12.3. The van der Waals surface area contributed by atoms with Crippen molar-refractivity contribution in [2.45, 2.75) is 12.5 Å². The Hall–Kier alpha value is -1.72. The summed E-state index contributed by atoms with van der Waals surface area (Å²) in [7, 11) is 0. The highest BCUT2D eigenvalue weighted by atomic mass is 32.1. The van der Waals surface area contributed by atoms with E-state index in [1.165, 1.54) is 0 Å². The van der Waals surface area contributed by atoms with Crippen LogP contribution in [0, 0.1) is 0 Å². The molecular formula is C14H15N3OS. The lowest BCUT2D eigenvalue weighted by molar-refractivity contribution is 0.195. The number of nitrogens with two attached hydrogens (primary N) is 1. The minimum absolute atomic E-state index is 0.313. The summed E-state index contributed by atoms with van der Waals surface area (Å²) in [6.45, 7) is 1.52. The van der Waals surface area contributed by atoms with Crippen LogP contribution in [0.5, 0.6) is 0 Å². The number of anilines is 1. The number of pyridine rings is 1. The van der Waals surface area contributed by atoms with Crippen LogP contribution in [-0.4, -0.2) is 29.2 Å². The zero-order valence-electron chi connectivity index (χ0n) is 10.4. The molecule has 2 heterocycles. The number of hydrogen-bond donors (Lipinski definition) is 2. The minimum Gasteiger partial charge on any atom is -0.389 e. The van der Waals surface area contributed by atoms with Crippen LogP contribution in [0.25, 0.3) is 10.9 Å². The molecule has 98 valence electrons. The molecule has 1 aliphatic heterocycles. The van der Waals surface area contributed by atoms with Crippen molar-refractivity contribution in [3.05, 3.63) is 35.9 Å². The molecule has 1 aliphatic rings. The Balaban J connectivity index is 2.02. The molecule has 3 rings (SSSR count). The molecule has 0 spiro atoms. The van der Waals surface area contributed by atoms with Crippen molar-refractivity contribution in [1.29, 1.82) is 0 Å². The Morgan fingerprint density at radius 1 is 1.42 bits per heavy atom. The SMILES string of the molecule is NC(=S)c1cc(NC2CCOC2)nc2ccccc12. The minimum atomic E-state index is 0.313. The maximum absolute atomic E-state index is 5.81. The van der Waals surface area contributed by atoms with Gasteiger partial charge in [-0.05, 0) is 18.6 Å². The van der Waals surface area contributed by atoms with Gasteiger partial charge in [-0.15, -0.1) is 0 Å². The van der Waals surface area contributed by atoms with Gasteiger partial charge in [0.2, 0.25) is 0 Å². The standard InChI is InChI=1S/C14H15N3OS/c15-14(19)11-7-13(16-9-5-6-18-8-9)17-12-4-2-1-3-10(11)12/h1-4,7,9H,5-6,8H2,(H2,15,19)(H,16,17). The van der Waals surface area contributed by atoms with Gasteiger partial charge in [0.25, 0.3) is 0 Å². The lowest BCUT2D eigenvalue weighted by Crippen LogP contribution is -2.20. The van der Waals surface area contributed by atoms with E-state index in [9.17, 15) is 0 Å². The topological polar surface area (TPSA) is 60.2 Å². The Morgan fingerprint density at radius 3 is 3.00 bits per heavy atom. The first-order chi connectivity index (χ1) is 9.24. The molecule has 4 nitrogen and oxygen atoms in total. The summed E-state index contributed by atoms with van der Waals surface area (Å²) in [5.41, 5.74) is 7.57. The average Bonchev–Trinajstić information content (AvgIpc) is 2.90. The van der Waals surface area contributed by atoms with Gasteiger partial charge in [0.05, 0.1) is 18.2 Å². The summed E-state index contributed by atoms with van der Waals surface area (Å²) in [5.74, 6) is 0.803. The monoisotopic (exact) mass is 273 g/mol. The van der Waals surface area contributed by atoms with E-state index in [2.05, 4.69) is 10.3 Å². The fourth-order valence-electron chi connectivity index (χ4n) is 2.31. The molecule has 1 atom stereocenters. The Kier molecular flexibility index (Phi) is 3.31. The van der Waals surface area contributed by atoms with E-state index in [1.807, 2.05) is 30.3 Å². The van der Waals surface area contributed by atoms with Gasteiger partial charge >= 0.3 is 0 Å². The molecule has 1 saturated heterocycles. The number of nitrogens with zero attached hydrogens (tertiary/aromatic N) is 1. The molecule has 5 heteroatoms. The number of hydrogen-bond acceptors (Lipinski definition) is 4. The second kappa shape index (κ2) is 5.11. The Labute approximate surface area is 117 Å². The second-order valence-electron chi connectivity index (χ2n) is 4.64. The van der Waals surface area contributed by atoms with Gasteiger partial charge in [-0.25, -0.2) is 4.98 Å². The second-order valence-corrected chi connectivity index (χ2v) is 5.08. The molecule has 19 heavy (non-hydrogen) atoms. The zero-order valence-corrected chi connectivity index (χ0v) is 11.2. The smallest absolute Gasteiger partial charge is 0.127 e. The number of ether oxygens (including phenoxy) is 1. The first-order valence-electron chi connectivity index (χ1n) is 6.28. The molecule has 1 aromatic heterocycles.